The predicted molar refractivity (Wildman–Crippen MR) is 95.8 cm³/mol. The van der Waals surface area contributed by atoms with E-state index < -0.39 is 0 Å². The van der Waals surface area contributed by atoms with Crippen molar-refractivity contribution in [1.29, 1.82) is 0 Å². The zero-order valence-corrected chi connectivity index (χ0v) is 14.4. The van der Waals surface area contributed by atoms with E-state index in [0.29, 0.717) is 13.1 Å². The maximum absolute atomic E-state index is 13.2. The minimum atomic E-state index is -0.265. The molecule has 0 unspecified atom stereocenters. The van der Waals surface area contributed by atoms with Crippen molar-refractivity contribution in [3.8, 4) is 0 Å². The Morgan fingerprint density at radius 2 is 1.77 bits per heavy atom. The zero-order valence-electron chi connectivity index (χ0n) is 14.4. The summed E-state index contributed by atoms with van der Waals surface area (Å²) in [5.41, 5.74) is 1.99. The van der Waals surface area contributed by atoms with Crippen molar-refractivity contribution in [1.82, 2.24) is 10.2 Å². The summed E-state index contributed by atoms with van der Waals surface area (Å²) in [6.07, 6.45) is 1.06. The van der Waals surface area contributed by atoms with Gasteiger partial charge in [-0.3, -0.25) is 9.59 Å². The highest BCUT2D eigenvalue weighted by molar-refractivity contribution is 5.85. The van der Waals surface area contributed by atoms with Gasteiger partial charge in [-0.25, -0.2) is 4.39 Å². The minimum absolute atomic E-state index is 0.0277. The molecule has 4 nitrogen and oxygen atoms in total. The molecule has 1 aliphatic heterocycles. The molecule has 2 aromatic rings. The lowest BCUT2D eigenvalue weighted by Gasteiger charge is -2.30. The maximum Gasteiger partial charge on any atom is 0.226 e. The van der Waals surface area contributed by atoms with Crippen molar-refractivity contribution in [2.75, 3.05) is 13.1 Å². The molecule has 0 spiro atoms. The number of hydrogen-bond donors (Lipinski definition) is 1. The normalized spacial score (nSPS) is 25.3. The molecule has 5 heteroatoms. The molecule has 2 aliphatic rings. The van der Waals surface area contributed by atoms with Gasteiger partial charge >= 0.3 is 0 Å². The van der Waals surface area contributed by atoms with Crippen LogP contribution in [0.15, 0.2) is 54.6 Å². The van der Waals surface area contributed by atoms with Crippen LogP contribution >= 0.6 is 0 Å². The largest absolute Gasteiger partial charge is 0.354 e. The molecular formula is C21H21FN2O2. The van der Waals surface area contributed by atoms with Gasteiger partial charge in [-0.1, -0.05) is 42.5 Å². The number of carbonyl (C=O) groups is 2. The van der Waals surface area contributed by atoms with Crippen LogP contribution in [0.3, 0.4) is 0 Å². The minimum Gasteiger partial charge on any atom is -0.354 e. The molecule has 2 amide bonds. The van der Waals surface area contributed by atoms with Crippen LogP contribution in [0, 0.1) is 11.7 Å². The smallest absolute Gasteiger partial charge is 0.226 e. The Labute approximate surface area is 152 Å². The van der Waals surface area contributed by atoms with Crippen molar-refractivity contribution < 1.29 is 14.0 Å². The van der Waals surface area contributed by atoms with Gasteiger partial charge in [0.2, 0.25) is 11.8 Å². The topological polar surface area (TPSA) is 49.4 Å². The molecule has 1 aliphatic carbocycles. The first-order valence-electron chi connectivity index (χ1n) is 9.01. The number of rotatable bonds is 3. The maximum atomic E-state index is 13.2. The summed E-state index contributed by atoms with van der Waals surface area (Å²) in [5, 5.41) is 2.86. The molecule has 26 heavy (non-hydrogen) atoms. The summed E-state index contributed by atoms with van der Waals surface area (Å²) in [4.78, 5) is 27.1. The monoisotopic (exact) mass is 352 g/mol. The SMILES string of the molecule is O=C1C[C@H](c2ccccc2)N(C(=O)[C@@H]2C[C@H]2c2ccc(F)cc2)CCN1. The van der Waals surface area contributed by atoms with Gasteiger partial charge in [0.1, 0.15) is 5.82 Å². The molecular weight excluding hydrogens is 331 g/mol. The molecule has 1 N–H and O–H groups in total. The lowest BCUT2D eigenvalue weighted by Crippen LogP contribution is -2.37. The Hall–Kier alpha value is -2.69. The first-order chi connectivity index (χ1) is 12.6. The number of amides is 2. The van der Waals surface area contributed by atoms with E-state index in [-0.39, 0.29) is 41.9 Å². The molecule has 1 saturated carbocycles. The van der Waals surface area contributed by atoms with E-state index in [1.54, 1.807) is 12.1 Å². The second kappa shape index (κ2) is 6.90. The fourth-order valence-corrected chi connectivity index (χ4v) is 3.83. The van der Waals surface area contributed by atoms with Gasteiger partial charge in [-0.2, -0.15) is 0 Å². The average molecular weight is 352 g/mol. The lowest BCUT2D eigenvalue weighted by atomic mass is 10.0. The lowest BCUT2D eigenvalue weighted by molar-refractivity contribution is -0.135. The Morgan fingerprint density at radius 3 is 2.50 bits per heavy atom. The first kappa shape index (κ1) is 16.8. The third kappa shape index (κ3) is 3.34. The van der Waals surface area contributed by atoms with Crippen LogP contribution in [0.2, 0.25) is 0 Å². The van der Waals surface area contributed by atoms with Gasteiger partial charge in [-0.05, 0) is 35.6 Å². The van der Waals surface area contributed by atoms with Gasteiger partial charge in [0.15, 0.2) is 0 Å². The number of hydrogen-bond acceptors (Lipinski definition) is 2. The summed E-state index contributed by atoms with van der Waals surface area (Å²) in [6.45, 7) is 0.985. The summed E-state index contributed by atoms with van der Waals surface area (Å²) in [5.74, 6) is -0.144. The molecule has 4 rings (SSSR count). The quantitative estimate of drug-likeness (QED) is 0.923. The van der Waals surface area contributed by atoms with Gasteiger partial charge in [0.05, 0.1) is 12.5 Å². The third-order valence-corrected chi connectivity index (χ3v) is 5.30. The van der Waals surface area contributed by atoms with Crippen LogP contribution in [0.25, 0.3) is 0 Å². The molecule has 0 radical (unpaired) electrons. The summed E-state index contributed by atoms with van der Waals surface area (Å²) in [6, 6.07) is 15.9. The molecule has 0 aromatic heterocycles. The van der Waals surface area contributed by atoms with E-state index in [9.17, 15) is 14.0 Å². The van der Waals surface area contributed by atoms with Crippen molar-refractivity contribution in [2.24, 2.45) is 5.92 Å². The van der Waals surface area contributed by atoms with Crippen LogP contribution < -0.4 is 5.32 Å². The van der Waals surface area contributed by atoms with Crippen LogP contribution in [0.1, 0.15) is 35.9 Å². The van der Waals surface area contributed by atoms with Crippen LogP contribution in [-0.2, 0) is 9.59 Å². The highest BCUT2D eigenvalue weighted by Crippen LogP contribution is 2.49. The predicted octanol–water partition coefficient (Wildman–Crippen LogP) is 3.02. The van der Waals surface area contributed by atoms with Crippen LogP contribution in [-0.4, -0.2) is 29.8 Å². The summed E-state index contributed by atoms with van der Waals surface area (Å²) >= 11 is 0. The molecule has 1 heterocycles. The van der Waals surface area contributed by atoms with Crippen LogP contribution in [0.4, 0.5) is 4.39 Å². The van der Waals surface area contributed by atoms with Gasteiger partial charge in [0.25, 0.3) is 0 Å². The first-order valence-corrected chi connectivity index (χ1v) is 9.01. The molecule has 0 bridgehead atoms. The number of benzene rings is 2. The van der Waals surface area contributed by atoms with E-state index >= 15 is 0 Å². The Kier molecular flexibility index (Phi) is 4.45. The molecule has 3 atom stereocenters. The Bertz CT molecular complexity index is 807. The second-order valence-electron chi connectivity index (χ2n) is 7.01. The van der Waals surface area contributed by atoms with Crippen LogP contribution in [0.5, 0.6) is 0 Å². The van der Waals surface area contributed by atoms with Crippen molar-refractivity contribution in [3.05, 3.63) is 71.5 Å². The zero-order chi connectivity index (χ0) is 18.1. The van der Waals surface area contributed by atoms with E-state index in [2.05, 4.69) is 5.32 Å². The van der Waals surface area contributed by atoms with E-state index in [1.807, 2.05) is 35.2 Å². The standard InChI is InChI=1S/C21H21FN2O2/c22-16-8-6-14(7-9-16)17-12-18(17)21(26)24-11-10-23-20(25)13-19(24)15-4-2-1-3-5-15/h1-9,17-19H,10-13H2,(H,23,25)/t17-,18+,19+/m0/s1. The number of halogens is 1. The molecule has 1 saturated heterocycles. The van der Waals surface area contributed by atoms with Crippen molar-refractivity contribution >= 4 is 11.8 Å². The third-order valence-electron chi connectivity index (χ3n) is 5.30. The highest BCUT2D eigenvalue weighted by atomic mass is 19.1. The van der Waals surface area contributed by atoms with E-state index in [0.717, 1.165) is 17.5 Å². The summed E-state index contributed by atoms with van der Waals surface area (Å²) < 4.78 is 13.1. The fourth-order valence-electron chi connectivity index (χ4n) is 3.83. The highest BCUT2D eigenvalue weighted by Gasteiger charge is 2.47. The Balaban J connectivity index is 1.55. The van der Waals surface area contributed by atoms with E-state index in [4.69, 9.17) is 0 Å². The average Bonchev–Trinajstić information content (AvgIpc) is 3.47. The van der Waals surface area contributed by atoms with Crippen molar-refractivity contribution in [3.63, 3.8) is 0 Å². The van der Waals surface area contributed by atoms with Gasteiger partial charge < -0.3 is 10.2 Å². The molecule has 134 valence electrons. The number of carbonyl (C=O) groups excluding carboxylic acids is 2. The number of nitrogens with zero attached hydrogens (tertiary/aromatic N) is 1. The van der Waals surface area contributed by atoms with E-state index in [1.165, 1.54) is 12.1 Å². The Morgan fingerprint density at radius 1 is 1.04 bits per heavy atom. The summed E-state index contributed by atoms with van der Waals surface area (Å²) in [7, 11) is 0. The molecule has 2 fully saturated rings. The van der Waals surface area contributed by atoms with Crippen molar-refractivity contribution in [2.45, 2.75) is 24.8 Å². The number of nitrogens with one attached hydrogen (secondary N) is 1. The molecule has 2 aromatic carbocycles. The fraction of sp³-hybridized carbons (Fsp3) is 0.333. The second-order valence-corrected chi connectivity index (χ2v) is 7.01. The van der Waals surface area contributed by atoms with Gasteiger partial charge in [-0.15, -0.1) is 0 Å². The van der Waals surface area contributed by atoms with Gasteiger partial charge in [0, 0.05) is 19.0 Å².